The number of rotatable bonds is 12. The molecule has 244 valence electrons. The maximum absolute atomic E-state index is 13.8. The Balaban J connectivity index is 1.19. The van der Waals surface area contributed by atoms with Gasteiger partial charge >= 0.3 is 5.97 Å². The molecule has 0 aliphatic carbocycles. The Labute approximate surface area is 280 Å². The lowest BCUT2D eigenvalue weighted by molar-refractivity contribution is 0.0593. The van der Waals surface area contributed by atoms with Crippen LogP contribution in [-0.2, 0) is 49.6 Å². The van der Waals surface area contributed by atoms with Gasteiger partial charge in [0.2, 0.25) is 0 Å². The summed E-state index contributed by atoms with van der Waals surface area (Å²) in [4.78, 5) is 15.9. The van der Waals surface area contributed by atoms with Crippen molar-refractivity contribution in [2.24, 2.45) is 14.1 Å². The minimum absolute atomic E-state index is 0.00587. The van der Waals surface area contributed by atoms with Crippen molar-refractivity contribution >= 4 is 51.0 Å². The molecule has 0 saturated heterocycles. The zero-order valence-electron chi connectivity index (χ0n) is 26.3. The van der Waals surface area contributed by atoms with E-state index < -0.39 is 5.97 Å². The van der Waals surface area contributed by atoms with Crippen molar-refractivity contribution in [1.29, 1.82) is 0 Å². The predicted octanol–water partition coefficient (Wildman–Crippen LogP) is 6.88. The topological polar surface area (TPSA) is 118 Å². The molecule has 3 aromatic carbocycles. The minimum Gasteiger partial charge on any atom is -0.507 e. The number of aliphatic hydroxyl groups is 1. The summed E-state index contributed by atoms with van der Waals surface area (Å²) in [6.45, 7) is 0.00587. The fraction of sp³-hybridized carbons (Fsp3) is 0.286. The molecule has 0 fully saturated rings. The van der Waals surface area contributed by atoms with Crippen LogP contribution in [0.3, 0.4) is 0 Å². The molecule has 12 heteroatoms. The number of aryl methyl sites for hydroxylation is 5. The number of methoxy groups -OCH3 is 1. The zero-order valence-corrected chi connectivity index (χ0v) is 27.9. The number of fused-ring (bicyclic) bond motifs is 2. The Hall–Kier alpha value is -4.32. The molecule has 47 heavy (non-hydrogen) atoms. The van der Waals surface area contributed by atoms with Crippen LogP contribution in [0.1, 0.15) is 45.0 Å². The van der Waals surface area contributed by atoms with Gasteiger partial charge in [-0.15, -0.1) is 0 Å². The highest BCUT2D eigenvalue weighted by Gasteiger charge is 2.24. The Bertz CT molecular complexity index is 2100. The van der Waals surface area contributed by atoms with Gasteiger partial charge in [0.05, 0.1) is 35.2 Å². The Morgan fingerprint density at radius 2 is 1.85 bits per heavy atom. The second kappa shape index (κ2) is 13.8. The number of nitrogens with one attached hydrogen (secondary N) is 1. The number of aromatic hydroxyl groups is 1. The summed E-state index contributed by atoms with van der Waals surface area (Å²) in [7, 11) is 5.14. The van der Waals surface area contributed by atoms with Crippen molar-refractivity contribution < 1.29 is 24.1 Å². The SMILES string of the molecule is COC(=O)c1[nH]c2c(-c3c(CSCc4cc(CCc5cc(O)c6ccc(F)cc6c5)n(C)n4)cnn3C)c(Cl)ccc2c1CCCO. The van der Waals surface area contributed by atoms with Crippen LogP contribution in [-0.4, -0.2) is 54.4 Å². The second-order valence-corrected chi connectivity index (χ2v) is 12.9. The van der Waals surface area contributed by atoms with E-state index in [2.05, 4.69) is 16.1 Å². The number of benzene rings is 3. The van der Waals surface area contributed by atoms with Crippen LogP contribution in [0.2, 0.25) is 5.02 Å². The van der Waals surface area contributed by atoms with E-state index in [0.717, 1.165) is 50.2 Å². The molecular formula is C35H35ClFN5O4S. The lowest BCUT2D eigenvalue weighted by Crippen LogP contribution is -2.05. The zero-order chi connectivity index (χ0) is 33.2. The summed E-state index contributed by atoms with van der Waals surface area (Å²) in [5.41, 5.74) is 7.39. The standard InChI is InChI=1S/C35H35ClFN5O4S/c1-41-25(8-6-20-13-21-15-23(37)7-9-26(21)30(44)14-20)16-24(40-41)19-47-18-22-17-38-42(2)34(22)31-29(36)11-10-28-27(5-4-12-43)33(35(45)46-3)39-32(28)31/h7,9-11,13-17,39,43-44H,4-6,8,12,18-19H2,1-3H3. The first kappa shape index (κ1) is 32.6. The van der Waals surface area contributed by atoms with Gasteiger partial charge in [0.25, 0.3) is 0 Å². The first-order chi connectivity index (χ1) is 22.7. The smallest absolute Gasteiger partial charge is 0.354 e. The normalized spacial score (nSPS) is 11.6. The molecule has 0 amide bonds. The van der Waals surface area contributed by atoms with E-state index in [1.807, 2.05) is 43.2 Å². The molecule has 3 aromatic heterocycles. The van der Waals surface area contributed by atoms with E-state index in [9.17, 15) is 19.4 Å². The van der Waals surface area contributed by atoms with Crippen LogP contribution in [0.15, 0.2) is 54.7 Å². The van der Waals surface area contributed by atoms with Gasteiger partial charge in [0, 0.05) is 59.8 Å². The maximum atomic E-state index is 13.8. The monoisotopic (exact) mass is 675 g/mol. The summed E-state index contributed by atoms with van der Waals surface area (Å²) in [6, 6.07) is 13.9. The van der Waals surface area contributed by atoms with Crippen LogP contribution in [0.5, 0.6) is 5.75 Å². The third kappa shape index (κ3) is 6.60. The van der Waals surface area contributed by atoms with Gasteiger partial charge in [0.1, 0.15) is 17.3 Å². The molecular weight excluding hydrogens is 641 g/mol. The third-order valence-corrected chi connectivity index (χ3v) is 9.74. The van der Waals surface area contributed by atoms with Crippen LogP contribution in [0, 0.1) is 5.82 Å². The number of esters is 1. The molecule has 0 aliphatic heterocycles. The number of H-pyrrole nitrogens is 1. The molecule has 0 saturated carbocycles. The summed E-state index contributed by atoms with van der Waals surface area (Å²) in [5.74, 6) is 0.668. The number of aromatic amines is 1. The van der Waals surface area contributed by atoms with Crippen molar-refractivity contribution in [3.63, 3.8) is 0 Å². The average Bonchev–Trinajstić information content (AvgIpc) is 3.72. The first-order valence-corrected chi connectivity index (χ1v) is 16.8. The van der Waals surface area contributed by atoms with Crippen molar-refractivity contribution in [1.82, 2.24) is 24.5 Å². The van der Waals surface area contributed by atoms with Crippen molar-refractivity contribution in [3.05, 3.63) is 99.3 Å². The van der Waals surface area contributed by atoms with Gasteiger partial charge in [-0.1, -0.05) is 23.7 Å². The van der Waals surface area contributed by atoms with Gasteiger partial charge < -0.3 is 19.9 Å². The number of phenolic OH excluding ortho intramolecular Hbond substituents is 1. The fourth-order valence-electron chi connectivity index (χ4n) is 6.17. The van der Waals surface area contributed by atoms with E-state index in [-0.39, 0.29) is 18.2 Å². The predicted molar refractivity (Wildman–Crippen MR) is 183 cm³/mol. The molecule has 0 spiro atoms. The number of aliphatic hydroxyl groups excluding tert-OH is 1. The Kier molecular flexibility index (Phi) is 9.58. The highest BCUT2D eigenvalue weighted by atomic mass is 35.5. The highest BCUT2D eigenvalue weighted by Crippen LogP contribution is 2.40. The molecule has 6 rings (SSSR count). The Morgan fingerprint density at radius 1 is 1.04 bits per heavy atom. The third-order valence-electron chi connectivity index (χ3n) is 8.41. The van der Waals surface area contributed by atoms with Gasteiger partial charge in [-0.3, -0.25) is 9.36 Å². The number of halogens is 2. The lowest BCUT2D eigenvalue weighted by atomic mass is 10.0. The van der Waals surface area contributed by atoms with Crippen molar-refractivity contribution in [3.8, 4) is 17.0 Å². The number of hydrogen-bond acceptors (Lipinski definition) is 7. The molecule has 9 nitrogen and oxygen atoms in total. The number of ether oxygens (including phenoxy) is 1. The number of thioether (sulfide) groups is 1. The summed E-state index contributed by atoms with van der Waals surface area (Å²) >= 11 is 8.53. The van der Waals surface area contributed by atoms with Gasteiger partial charge in [-0.2, -0.15) is 22.0 Å². The molecule has 0 unspecified atom stereocenters. The van der Waals surface area contributed by atoms with Crippen LogP contribution < -0.4 is 0 Å². The van der Waals surface area contributed by atoms with E-state index >= 15 is 0 Å². The molecule has 6 aromatic rings. The van der Waals surface area contributed by atoms with Gasteiger partial charge in [-0.25, -0.2) is 9.18 Å². The summed E-state index contributed by atoms with van der Waals surface area (Å²) in [6.07, 6.45) is 4.24. The molecule has 3 N–H and O–H groups in total. The number of phenols is 1. The second-order valence-electron chi connectivity index (χ2n) is 11.5. The van der Waals surface area contributed by atoms with Crippen LogP contribution >= 0.6 is 23.4 Å². The van der Waals surface area contributed by atoms with Crippen LogP contribution in [0.25, 0.3) is 32.9 Å². The number of carbonyl (C=O) groups excluding carboxylic acids is 1. The van der Waals surface area contributed by atoms with Gasteiger partial charge in [-0.05, 0) is 78.6 Å². The lowest BCUT2D eigenvalue weighted by Gasteiger charge is -2.11. The van der Waals surface area contributed by atoms with E-state index in [0.29, 0.717) is 58.7 Å². The first-order valence-electron chi connectivity index (χ1n) is 15.2. The molecule has 0 radical (unpaired) electrons. The fourth-order valence-corrected chi connectivity index (χ4v) is 7.30. The Morgan fingerprint density at radius 3 is 2.64 bits per heavy atom. The number of hydrogen-bond donors (Lipinski definition) is 3. The van der Waals surface area contributed by atoms with Crippen molar-refractivity contribution in [2.45, 2.75) is 37.2 Å². The molecule has 0 aliphatic rings. The maximum Gasteiger partial charge on any atom is 0.354 e. The van der Waals surface area contributed by atoms with E-state index in [1.165, 1.54) is 19.2 Å². The summed E-state index contributed by atoms with van der Waals surface area (Å²) < 4.78 is 22.5. The largest absolute Gasteiger partial charge is 0.507 e. The summed E-state index contributed by atoms with van der Waals surface area (Å²) in [5, 5.41) is 31.9. The average molecular weight is 676 g/mol. The van der Waals surface area contributed by atoms with E-state index in [4.69, 9.17) is 21.4 Å². The number of nitrogens with zero attached hydrogens (tertiary/aromatic N) is 4. The molecule has 0 bridgehead atoms. The van der Waals surface area contributed by atoms with Crippen LogP contribution in [0.4, 0.5) is 4.39 Å². The van der Waals surface area contributed by atoms with Crippen molar-refractivity contribution in [2.75, 3.05) is 13.7 Å². The number of carbonyl (C=O) groups is 1. The number of aromatic nitrogens is 5. The molecule has 3 heterocycles. The highest BCUT2D eigenvalue weighted by molar-refractivity contribution is 7.97. The molecule has 0 atom stereocenters. The quantitative estimate of drug-likeness (QED) is 0.121. The van der Waals surface area contributed by atoms with Gasteiger partial charge in [0.15, 0.2) is 0 Å². The minimum atomic E-state index is -0.475. The van der Waals surface area contributed by atoms with E-state index in [1.54, 1.807) is 28.6 Å².